The Bertz CT molecular complexity index is 815. The number of aryl methyl sites for hydroxylation is 1. The van der Waals surface area contributed by atoms with Crippen LogP contribution in [0.4, 0.5) is 0 Å². The van der Waals surface area contributed by atoms with Gasteiger partial charge in [-0.05, 0) is 48.8 Å². The summed E-state index contributed by atoms with van der Waals surface area (Å²) in [5, 5.41) is 3.06. The maximum Gasteiger partial charge on any atom is 0.243 e. The van der Waals surface area contributed by atoms with E-state index in [-0.39, 0.29) is 17.9 Å². The zero-order chi connectivity index (χ0) is 22.8. The molecule has 0 saturated heterocycles. The van der Waals surface area contributed by atoms with E-state index < -0.39 is 6.04 Å². The van der Waals surface area contributed by atoms with E-state index in [4.69, 9.17) is 0 Å². The molecule has 2 atom stereocenters. The maximum atomic E-state index is 13.3. The molecule has 0 radical (unpaired) electrons. The van der Waals surface area contributed by atoms with Crippen molar-refractivity contribution in [2.24, 2.45) is 0 Å². The molecule has 2 aromatic rings. The van der Waals surface area contributed by atoms with Gasteiger partial charge in [0.05, 0.1) is 0 Å². The minimum atomic E-state index is -0.468. The highest BCUT2D eigenvalue weighted by atomic mass is 16.2. The minimum absolute atomic E-state index is 0.0166. The van der Waals surface area contributed by atoms with E-state index in [1.54, 1.807) is 4.90 Å². The lowest BCUT2D eigenvalue weighted by atomic mass is 10.00. The van der Waals surface area contributed by atoms with Gasteiger partial charge in [-0.15, -0.1) is 0 Å². The molecular formula is C27H38N2O2. The first-order valence-electron chi connectivity index (χ1n) is 11.6. The van der Waals surface area contributed by atoms with Gasteiger partial charge < -0.3 is 10.2 Å². The van der Waals surface area contributed by atoms with Crippen LogP contribution in [0.2, 0.25) is 0 Å². The van der Waals surface area contributed by atoms with Crippen molar-refractivity contribution in [3.05, 3.63) is 71.3 Å². The zero-order valence-electron chi connectivity index (χ0n) is 19.7. The van der Waals surface area contributed by atoms with Crippen LogP contribution in [0.5, 0.6) is 0 Å². The van der Waals surface area contributed by atoms with E-state index >= 15 is 0 Å². The molecule has 0 fully saturated rings. The lowest BCUT2D eigenvalue weighted by molar-refractivity contribution is -0.141. The number of nitrogens with zero attached hydrogens (tertiary/aromatic N) is 1. The van der Waals surface area contributed by atoms with Gasteiger partial charge in [0.15, 0.2) is 0 Å². The first kappa shape index (κ1) is 24.6. The number of carbonyl (C=O) groups excluding carboxylic acids is 2. The van der Waals surface area contributed by atoms with Gasteiger partial charge in [-0.25, -0.2) is 0 Å². The van der Waals surface area contributed by atoms with Crippen molar-refractivity contribution in [3.8, 4) is 0 Å². The van der Waals surface area contributed by atoms with Gasteiger partial charge in [0.2, 0.25) is 11.8 Å². The van der Waals surface area contributed by atoms with Gasteiger partial charge in [0.25, 0.3) is 0 Å². The highest BCUT2D eigenvalue weighted by Crippen LogP contribution is 2.18. The predicted molar refractivity (Wildman–Crippen MR) is 128 cm³/mol. The monoisotopic (exact) mass is 422 g/mol. The van der Waals surface area contributed by atoms with Crippen molar-refractivity contribution >= 4 is 11.8 Å². The van der Waals surface area contributed by atoms with Crippen LogP contribution < -0.4 is 5.32 Å². The second-order valence-electron chi connectivity index (χ2n) is 8.65. The van der Waals surface area contributed by atoms with Gasteiger partial charge in [-0.1, -0.05) is 82.3 Å². The molecule has 2 rings (SSSR count). The van der Waals surface area contributed by atoms with Crippen LogP contribution in [-0.4, -0.2) is 28.8 Å². The zero-order valence-corrected chi connectivity index (χ0v) is 19.7. The van der Waals surface area contributed by atoms with Crippen molar-refractivity contribution < 1.29 is 9.59 Å². The Hall–Kier alpha value is -2.62. The molecule has 0 aliphatic rings. The van der Waals surface area contributed by atoms with Crippen molar-refractivity contribution in [1.82, 2.24) is 10.2 Å². The number of hydrogen-bond donors (Lipinski definition) is 1. The molecule has 1 N–H and O–H groups in total. The van der Waals surface area contributed by atoms with Crippen molar-refractivity contribution in [2.75, 3.05) is 0 Å². The maximum absolute atomic E-state index is 13.3. The lowest BCUT2D eigenvalue weighted by Crippen LogP contribution is -2.50. The smallest absolute Gasteiger partial charge is 0.243 e. The highest BCUT2D eigenvalue weighted by Gasteiger charge is 2.28. The molecule has 0 saturated carbocycles. The second kappa shape index (κ2) is 12.3. The van der Waals surface area contributed by atoms with Crippen molar-refractivity contribution in [1.29, 1.82) is 0 Å². The molecule has 0 heterocycles. The molecule has 31 heavy (non-hydrogen) atoms. The van der Waals surface area contributed by atoms with Crippen LogP contribution in [0.1, 0.15) is 76.5 Å². The Morgan fingerprint density at radius 1 is 0.871 bits per heavy atom. The summed E-state index contributed by atoms with van der Waals surface area (Å²) in [5.41, 5.74) is 3.48. The van der Waals surface area contributed by atoms with Crippen LogP contribution in [0, 0.1) is 0 Å². The molecule has 2 amide bonds. The largest absolute Gasteiger partial charge is 0.352 e. The molecular weight excluding hydrogens is 384 g/mol. The van der Waals surface area contributed by atoms with E-state index in [0.29, 0.717) is 31.7 Å². The van der Waals surface area contributed by atoms with Gasteiger partial charge in [0.1, 0.15) is 6.04 Å². The minimum Gasteiger partial charge on any atom is -0.352 e. The van der Waals surface area contributed by atoms with E-state index in [1.807, 2.05) is 51.1 Å². The van der Waals surface area contributed by atoms with E-state index in [1.165, 1.54) is 5.56 Å². The molecule has 0 unspecified atom stereocenters. The molecule has 2 aromatic carbocycles. The molecule has 0 aromatic heterocycles. The molecule has 168 valence electrons. The summed E-state index contributed by atoms with van der Waals surface area (Å²) >= 11 is 0. The number of rotatable bonds is 11. The average Bonchev–Trinajstić information content (AvgIpc) is 2.78. The number of benzene rings is 2. The summed E-state index contributed by atoms with van der Waals surface area (Å²) in [7, 11) is 0. The van der Waals surface area contributed by atoms with E-state index in [9.17, 15) is 9.59 Å². The molecule has 0 spiro atoms. The Balaban J connectivity index is 2.15. The summed E-state index contributed by atoms with van der Waals surface area (Å²) in [6.45, 7) is 10.8. The average molecular weight is 423 g/mol. The highest BCUT2D eigenvalue weighted by molar-refractivity contribution is 5.87. The summed E-state index contributed by atoms with van der Waals surface area (Å²) < 4.78 is 0. The quantitative estimate of drug-likeness (QED) is 0.522. The SMILES string of the molecule is CC[C@H](C)NC(=O)[C@H](CC)N(Cc1ccccc1)C(=O)CCc1ccc(C(C)C)cc1. The van der Waals surface area contributed by atoms with Crippen molar-refractivity contribution in [3.63, 3.8) is 0 Å². The molecule has 0 aliphatic heterocycles. The fourth-order valence-corrected chi connectivity index (χ4v) is 3.60. The fraction of sp³-hybridized carbons (Fsp3) is 0.481. The normalized spacial score (nSPS) is 13.0. The standard InChI is InChI=1S/C27H38N2O2/c1-6-21(5)28-27(31)25(7-2)29(19-23-11-9-8-10-12-23)26(30)18-15-22-13-16-24(17-14-22)20(3)4/h8-14,16-17,20-21,25H,6-7,15,18-19H2,1-5H3,(H,28,31)/t21-,25-/m0/s1. The first-order chi connectivity index (χ1) is 14.8. The third-order valence-corrected chi connectivity index (χ3v) is 5.86. The van der Waals surface area contributed by atoms with Crippen LogP contribution in [0.25, 0.3) is 0 Å². The number of nitrogens with one attached hydrogen (secondary N) is 1. The second-order valence-corrected chi connectivity index (χ2v) is 8.65. The number of carbonyl (C=O) groups is 2. The first-order valence-corrected chi connectivity index (χ1v) is 11.6. The Labute approximate surface area is 188 Å². The molecule has 0 aliphatic carbocycles. The fourth-order valence-electron chi connectivity index (χ4n) is 3.60. The van der Waals surface area contributed by atoms with Gasteiger partial charge >= 0.3 is 0 Å². The topological polar surface area (TPSA) is 49.4 Å². The number of hydrogen-bond acceptors (Lipinski definition) is 2. The summed E-state index contributed by atoms with van der Waals surface area (Å²) in [6, 6.07) is 18.0. The Morgan fingerprint density at radius 3 is 2.06 bits per heavy atom. The lowest BCUT2D eigenvalue weighted by Gasteiger charge is -2.31. The third kappa shape index (κ3) is 7.54. The van der Waals surface area contributed by atoms with Crippen molar-refractivity contribution in [2.45, 2.75) is 84.8 Å². The Kier molecular flexibility index (Phi) is 9.77. The third-order valence-electron chi connectivity index (χ3n) is 5.86. The van der Waals surface area contributed by atoms with Gasteiger partial charge in [0, 0.05) is 19.0 Å². The van der Waals surface area contributed by atoms with Gasteiger partial charge in [-0.2, -0.15) is 0 Å². The van der Waals surface area contributed by atoms with Crippen LogP contribution in [0.15, 0.2) is 54.6 Å². The van der Waals surface area contributed by atoms with Crippen LogP contribution in [-0.2, 0) is 22.6 Å². The van der Waals surface area contributed by atoms with Crippen LogP contribution in [0.3, 0.4) is 0 Å². The summed E-state index contributed by atoms with van der Waals surface area (Å²) in [4.78, 5) is 28.0. The predicted octanol–water partition coefficient (Wildman–Crippen LogP) is 5.46. The van der Waals surface area contributed by atoms with Gasteiger partial charge in [-0.3, -0.25) is 9.59 Å². The van der Waals surface area contributed by atoms with Crippen LogP contribution >= 0.6 is 0 Å². The molecule has 4 heteroatoms. The molecule has 0 bridgehead atoms. The van der Waals surface area contributed by atoms with E-state index in [0.717, 1.165) is 17.5 Å². The molecule has 4 nitrogen and oxygen atoms in total. The van der Waals surface area contributed by atoms with E-state index in [2.05, 4.69) is 43.4 Å². The summed E-state index contributed by atoms with van der Waals surface area (Å²) in [5.74, 6) is 0.441. The number of amides is 2. The Morgan fingerprint density at radius 2 is 1.52 bits per heavy atom. The summed E-state index contributed by atoms with van der Waals surface area (Å²) in [6.07, 6.45) is 2.51.